The minimum atomic E-state index is -0.606. The molecule has 86 valence electrons. The number of hydrogen-bond acceptors (Lipinski definition) is 4. The van der Waals surface area contributed by atoms with Gasteiger partial charge < -0.3 is 14.8 Å². The first-order chi connectivity index (χ1) is 7.70. The maximum absolute atomic E-state index is 11.5. The van der Waals surface area contributed by atoms with Crippen LogP contribution in [0.5, 0.6) is 5.75 Å². The number of carbonyl (C=O) groups is 1. The molecule has 1 unspecified atom stereocenters. The van der Waals surface area contributed by atoms with Crippen LogP contribution >= 0.6 is 11.6 Å². The zero-order valence-corrected chi connectivity index (χ0v) is 9.58. The Balaban J connectivity index is 2.13. The van der Waals surface area contributed by atoms with Crippen LogP contribution in [0.25, 0.3) is 0 Å². The van der Waals surface area contributed by atoms with E-state index in [1.165, 1.54) is 0 Å². The first kappa shape index (κ1) is 11.1. The molecule has 0 fully saturated rings. The van der Waals surface area contributed by atoms with Gasteiger partial charge in [-0.3, -0.25) is 0 Å². The Morgan fingerprint density at radius 2 is 2.50 bits per heavy atom. The Morgan fingerprint density at radius 3 is 3.25 bits per heavy atom. The quantitative estimate of drug-likeness (QED) is 0.806. The zero-order chi connectivity index (χ0) is 11.5. The Labute approximate surface area is 98.5 Å². The largest absolute Gasteiger partial charge is 0.475 e. The monoisotopic (exact) mass is 241 g/mol. The molecule has 0 amide bonds. The number of ether oxygens (including phenoxy) is 2. The van der Waals surface area contributed by atoms with Crippen molar-refractivity contribution in [2.75, 3.05) is 18.5 Å². The van der Waals surface area contributed by atoms with Gasteiger partial charge in [-0.25, -0.2) is 4.79 Å². The maximum Gasteiger partial charge on any atom is 0.349 e. The maximum atomic E-state index is 11.5. The van der Waals surface area contributed by atoms with Gasteiger partial charge >= 0.3 is 5.97 Å². The molecule has 1 N–H and O–H groups in total. The molecule has 0 saturated heterocycles. The average molecular weight is 242 g/mol. The molecule has 1 atom stereocenters. The Hall–Kier alpha value is -1.42. The van der Waals surface area contributed by atoms with Crippen molar-refractivity contribution < 1.29 is 14.3 Å². The number of nitrogens with one attached hydrogen (secondary N) is 1. The van der Waals surface area contributed by atoms with E-state index >= 15 is 0 Å². The van der Waals surface area contributed by atoms with Gasteiger partial charge in [-0.15, -0.1) is 0 Å². The summed E-state index contributed by atoms with van der Waals surface area (Å²) in [5.41, 5.74) is 0.838. The lowest BCUT2D eigenvalue weighted by Crippen LogP contribution is -2.38. The summed E-state index contributed by atoms with van der Waals surface area (Å²) in [6.07, 6.45) is -0.606. The molecule has 0 aromatic heterocycles. The van der Waals surface area contributed by atoms with Crippen LogP contribution < -0.4 is 10.1 Å². The molecule has 0 aliphatic carbocycles. The molecule has 0 saturated carbocycles. The van der Waals surface area contributed by atoms with E-state index in [-0.39, 0.29) is 5.97 Å². The SMILES string of the molecule is CCOC(=O)C1CNc2ccc(Cl)cc2O1. The minimum Gasteiger partial charge on any atom is -0.475 e. The first-order valence-electron chi connectivity index (χ1n) is 5.07. The van der Waals surface area contributed by atoms with Gasteiger partial charge in [0.15, 0.2) is 0 Å². The summed E-state index contributed by atoms with van der Waals surface area (Å²) in [4.78, 5) is 11.5. The summed E-state index contributed by atoms with van der Waals surface area (Å²) >= 11 is 5.84. The summed E-state index contributed by atoms with van der Waals surface area (Å²) in [6.45, 7) is 2.52. The van der Waals surface area contributed by atoms with Gasteiger partial charge in [0.2, 0.25) is 6.10 Å². The van der Waals surface area contributed by atoms with Crippen LogP contribution in [-0.2, 0) is 9.53 Å². The molecule has 0 radical (unpaired) electrons. The van der Waals surface area contributed by atoms with E-state index < -0.39 is 6.10 Å². The van der Waals surface area contributed by atoms with Gasteiger partial charge in [0, 0.05) is 11.1 Å². The Morgan fingerprint density at radius 1 is 1.69 bits per heavy atom. The summed E-state index contributed by atoms with van der Waals surface area (Å²) in [6, 6.07) is 5.26. The number of fused-ring (bicyclic) bond motifs is 1. The van der Waals surface area contributed by atoms with Crippen LogP contribution in [0.1, 0.15) is 6.92 Å². The zero-order valence-electron chi connectivity index (χ0n) is 8.83. The number of esters is 1. The molecular formula is C11H12ClNO3. The highest BCUT2D eigenvalue weighted by molar-refractivity contribution is 6.30. The molecule has 16 heavy (non-hydrogen) atoms. The van der Waals surface area contributed by atoms with Crippen molar-refractivity contribution in [3.8, 4) is 5.75 Å². The standard InChI is InChI=1S/C11H12ClNO3/c1-2-15-11(14)10-6-13-8-4-3-7(12)5-9(8)16-10/h3-5,10,13H,2,6H2,1H3. The lowest BCUT2D eigenvalue weighted by Gasteiger charge is -2.25. The van der Waals surface area contributed by atoms with E-state index in [9.17, 15) is 4.79 Å². The van der Waals surface area contributed by atoms with E-state index in [1.807, 2.05) is 6.07 Å². The summed E-state index contributed by atoms with van der Waals surface area (Å²) in [5.74, 6) is 0.220. The van der Waals surface area contributed by atoms with Crippen molar-refractivity contribution in [3.63, 3.8) is 0 Å². The van der Waals surface area contributed by atoms with E-state index in [2.05, 4.69) is 5.32 Å². The summed E-state index contributed by atoms with van der Waals surface area (Å²) < 4.78 is 10.4. The number of rotatable bonds is 2. The number of halogens is 1. The molecule has 1 aliphatic rings. The van der Waals surface area contributed by atoms with Gasteiger partial charge in [0.25, 0.3) is 0 Å². The highest BCUT2D eigenvalue weighted by Crippen LogP contribution is 2.31. The second-order valence-electron chi connectivity index (χ2n) is 3.38. The molecule has 0 bridgehead atoms. The first-order valence-corrected chi connectivity index (χ1v) is 5.45. The number of benzene rings is 1. The van der Waals surface area contributed by atoms with Crippen molar-refractivity contribution in [1.29, 1.82) is 0 Å². The van der Waals surface area contributed by atoms with E-state index in [0.29, 0.717) is 23.9 Å². The average Bonchev–Trinajstić information content (AvgIpc) is 2.28. The molecule has 4 nitrogen and oxygen atoms in total. The molecule has 5 heteroatoms. The van der Waals surface area contributed by atoms with Gasteiger partial charge in [-0.2, -0.15) is 0 Å². The van der Waals surface area contributed by atoms with Gasteiger partial charge in [0.05, 0.1) is 18.8 Å². The third-order valence-electron chi connectivity index (χ3n) is 2.24. The van der Waals surface area contributed by atoms with Crippen molar-refractivity contribution in [2.24, 2.45) is 0 Å². The van der Waals surface area contributed by atoms with E-state index in [1.54, 1.807) is 19.1 Å². The Bertz CT molecular complexity index is 408. The van der Waals surface area contributed by atoms with Gasteiger partial charge in [-0.1, -0.05) is 11.6 Å². The minimum absolute atomic E-state index is 0.348. The number of anilines is 1. The van der Waals surface area contributed by atoms with Gasteiger partial charge in [-0.05, 0) is 19.1 Å². The van der Waals surface area contributed by atoms with Crippen molar-refractivity contribution in [2.45, 2.75) is 13.0 Å². The molecule has 1 aromatic rings. The normalized spacial score (nSPS) is 18.0. The fraction of sp³-hybridized carbons (Fsp3) is 0.364. The lowest BCUT2D eigenvalue weighted by molar-refractivity contribution is -0.150. The number of hydrogen-bond donors (Lipinski definition) is 1. The van der Waals surface area contributed by atoms with Crippen molar-refractivity contribution >= 4 is 23.3 Å². The van der Waals surface area contributed by atoms with E-state index in [0.717, 1.165) is 5.69 Å². The van der Waals surface area contributed by atoms with Crippen LogP contribution in [0.15, 0.2) is 18.2 Å². The third-order valence-corrected chi connectivity index (χ3v) is 2.48. The molecule has 1 aromatic carbocycles. The fourth-order valence-electron chi connectivity index (χ4n) is 1.50. The smallest absolute Gasteiger partial charge is 0.349 e. The molecule has 1 heterocycles. The Kier molecular flexibility index (Phi) is 3.19. The van der Waals surface area contributed by atoms with E-state index in [4.69, 9.17) is 21.1 Å². The van der Waals surface area contributed by atoms with Crippen LogP contribution in [0.2, 0.25) is 5.02 Å². The number of carbonyl (C=O) groups excluding carboxylic acids is 1. The van der Waals surface area contributed by atoms with Gasteiger partial charge in [0.1, 0.15) is 5.75 Å². The second kappa shape index (κ2) is 4.61. The fourth-order valence-corrected chi connectivity index (χ4v) is 1.67. The third kappa shape index (κ3) is 2.22. The van der Waals surface area contributed by atoms with Crippen LogP contribution in [0.3, 0.4) is 0 Å². The topological polar surface area (TPSA) is 47.6 Å². The van der Waals surface area contributed by atoms with Crippen LogP contribution in [0, 0.1) is 0 Å². The second-order valence-corrected chi connectivity index (χ2v) is 3.82. The van der Waals surface area contributed by atoms with Crippen LogP contribution in [-0.4, -0.2) is 25.2 Å². The highest BCUT2D eigenvalue weighted by Gasteiger charge is 2.26. The van der Waals surface area contributed by atoms with Crippen molar-refractivity contribution in [3.05, 3.63) is 23.2 Å². The molecule has 2 rings (SSSR count). The summed E-state index contributed by atoms with van der Waals surface area (Å²) in [7, 11) is 0. The highest BCUT2D eigenvalue weighted by atomic mass is 35.5. The lowest BCUT2D eigenvalue weighted by atomic mass is 10.2. The van der Waals surface area contributed by atoms with Crippen LogP contribution in [0.4, 0.5) is 5.69 Å². The summed E-state index contributed by atoms with van der Waals surface area (Å²) in [5, 5.41) is 3.67. The molecular weight excluding hydrogens is 230 g/mol. The molecule has 1 aliphatic heterocycles. The van der Waals surface area contributed by atoms with Crippen molar-refractivity contribution in [1.82, 2.24) is 0 Å². The molecule has 0 spiro atoms. The predicted octanol–water partition coefficient (Wildman–Crippen LogP) is 2.08. The predicted molar refractivity (Wildman–Crippen MR) is 61.0 cm³/mol.